The van der Waals surface area contributed by atoms with E-state index >= 15 is 0 Å². The normalized spacial score (nSPS) is 25.8. The summed E-state index contributed by atoms with van der Waals surface area (Å²) in [5, 5.41) is 9.08. The van der Waals surface area contributed by atoms with Gasteiger partial charge in [0.1, 0.15) is 0 Å². The molecule has 2 saturated heterocycles. The number of amides is 1. The van der Waals surface area contributed by atoms with E-state index in [1.165, 1.54) is 19.3 Å². The smallest absolute Gasteiger partial charge is 0.227 e. The molecular weight excluding hydrogens is 276 g/mol. The summed E-state index contributed by atoms with van der Waals surface area (Å²) in [6.07, 6.45) is 4.22. The maximum atomic E-state index is 12.7. The largest absolute Gasteiger partial charge is 0.392 e. The first kappa shape index (κ1) is 15.5. The van der Waals surface area contributed by atoms with Crippen LogP contribution < -0.4 is 0 Å². The highest BCUT2D eigenvalue weighted by molar-refractivity contribution is 5.79. The summed E-state index contributed by atoms with van der Waals surface area (Å²) in [5.74, 6) is 0.863. The van der Waals surface area contributed by atoms with Crippen molar-refractivity contribution in [2.75, 3.05) is 26.7 Å². The van der Waals surface area contributed by atoms with Crippen LogP contribution >= 0.6 is 0 Å². The van der Waals surface area contributed by atoms with Gasteiger partial charge in [0.25, 0.3) is 0 Å². The van der Waals surface area contributed by atoms with E-state index < -0.39 is 0 Å². The Balaban J connectivity index is 1.66. The van der Waals surface area contributed by atoms with E-state index in [4.69, 9.17) is 5.11 Å². The minimum Gasteiger partial charge on any atom is -0.392 e. The molecule has 0 spiro atoms. The van der Waals surface area contributed by atoms with Crippen molar-refractivity contribution < 1.29 is 9.90 Å². The van der Waals surface area contributed by atoms with Gasteiger partial charge in [0.2, 0.25) is 5.91 Å². The molecule has 1 aromatic rings. The van der Waals surface area contributed by atoms with Gasteiger partial charge in [0.15, 0.2) is 0 Å². The molecule has 2 aliphatic heterocycles. The van der Waals surface area contributed by atoms with E-state index in [1.54, 1.807) is 0 Å². The van der Waals surface area contributed by atoms with Crippen molar-refractivity contribution in [3.8, 4) is 0 Å². The first-order valence-electron chi connectivity index (χ1n) is 8.32. The van der Waals surface area contributed by atoms with Crippen molar-refractivity contribution in [1.82, 2.24) is 9.80 Å². The molecule has 0 aromatic heterocycles. The van der Waals surface area contributed by atoms with Crippen LogP contribution in [0.5, 0.6) is 0 Å². The lowest BCUT2D eigenvalue weighted by Crippen LogP contribution is -2.42. The molecule has 2 aliphatic rings. The molecule has 0 radical (unpaired) electrons. The lowest BCUT2D eigenvalue weighted by molar-refractivity contribution is -0.131. The summed E-state index contributed by atoms with van der Waals surface area (Å²) in [7, 11) is 2.20. The van der Waals surface area contributed by atoms with Crippen LogP contribution in [0.25, 0.3) is 0 Å². The average molecular weight is 302 g/mol. The van der Waals surface area contributed by atoms with Gasteiger partial charge in [-0.3, -0.25) is 4.79 Å². The predicted molar refractivity (Wildman–Crippen MR) is 86.4 cm³/mol. The molecule has 4 heteroatoms. The Morgan fingerprint density at radius 1 is 1.14 bits per heavy atom. The van der Waals surface area contributed by atoms with Crippen LogP contribution in [-0.4, -0.2) is 53.5 Å². The van der Waals surface area contributed by atoms with Crippen molar-refractivity contribution >= 4 is 5.91 Å². The SMILES string of the molecule is CN1C[C@@H]2CCC[C@H]1CN(C(=O)Cc1ccc(CO)cc1)C2. The predicted octanol–water partition coefficient (Wildman–Crippen LogP) is 1.66. The van der Waals surface area contributed by atoms with Crippen LogP contribution in [0.2, 0.25) is 0 Å². The number of nitrogens with zero attached hydrogens (tertiary/aromatic N) is 2. The molecule has 2 heterocycles. The molecule has 120 valence electrons. The molecule has 1 aromatic carbocycles. The standard InChI is InChI=1S/C18H26N2O2/c1-19-10-16-3-2-4-17(19)12-20(11-16)18(22)9-14-5-7-15(13-21)8-6-14/h5-8,16-17,21H,2-4,9-13H2,1H3/t16-,17-/m0/s1. The van der Waals surface area contributed by atoms with Gasteiger partial charge in [0.05, 0.1) is 13.0 Å². The molecule has 2 fully saturated rings. The van der Waals surface area contributed by atoms with E-state index in [9.17, 15) is 4.79 Å². The number of aliphatic hydroxyl groups is 1. The zero-order valence-electron chi connectivity index (χ0n) is 13.4. The molecule has 1 N–H and O–H groups in total. The van der Waals surface area contributed by atoms with Gasteiger partial charge in [-0.1, -0.05) is 30.7 Å². The Hall–Kier alpha value is -1.39. The number of hydrogen-bond acceptors (Lipinski definition) is 3. The number of fused-ring (bicyclic) bond motifs is 3. The number of likely N-dealkylation sites (N-methyl/N-ethyl adjacent to an activating group) is 1. The summed E-state index contributed by atoms with van der Waals surface area (Å²) in [4.78, 5) is 17.2. The number of benzene rings is 1. The van der Waals surface area contributed by atoms with Crippen LogP contribution in [0.1, 0.15) is 30.4 Å². The number of carbonyl (C=O) groups is 1. The third-order valence-corrected chi connectivity index (χ3v) is 5.14. The van der Waals surface area contributed by atoms with Gasteiger partial charge in [-0.15, -0.1) is 0 Å². The van der Waals surface area contributed by atoms with Gasteiger partial charge in [-0.2, -0.15) is 0 Å². The van der Waals surface area contributed by atoms with Gasteiger partial charge >= 0.3 is 0 Å². The molecule has 0 unspecified atom stereocenters. The van der Waals surface area contributed by atoms with Crippen molar-refractivity contribution in [3.05, 3.63) is 35.4 Å². The second kappa shape index (κ2) is 6.80. The number of rotatable bonds is 3. The second-order valence-corrected chi connectivity index (χ2v) is 6.84. The maximum absolute atomic E-state index is 12.7. The molecule has 1 amide bonds. The van der Waals surface area contributed by atoms with Crippen molar-refractivity contribution in [2.24, 2.45) is 5.92 Å². The Bertz CT molecular complexity index is 514. The number of likely N-dealkylation sites (tertiary alicyclic amines) is 1. The number of hydrogen-bond donors (Lipinski definition) is 1. The van der Waals surface area contributed by atoms with Crippen molar-refractivity contribution in [3.63, 3.8) is 0 Å². The average Bonchev–Trinajstić information content (AvgIpc) is 2.76. The first-order chi connectivity index (χ1) is 10.7. The molecule has 22 heavy (non-hydrogen) atoms. The van der Waals surface area contributed by atoms with Gasteiger partial charge in [0, 0.05) is 25.7 Å². The maximum Gasteiger partial charge on any atom is 0.227 e. The molecule has 2 atom stereocenters. The minimum absolute atomic E-state index is 0.0516. The van der Waals surface area contributed by atoms with Crippen LogP contribution in [0.4, 0.5) is 0 Å². The lowest BCUT2D eigenvalue weighted by atomic mass is 9.99. The fourth-order valence-electron chi connectivity index (χ4n) is 3.78. The van der Waals surface area contributed by atoms with Gasteiger partial charge in [-0.25, -0.2) is 0 Å². The van der Waals surface area contributed by atoms with E-state index in [2.05, 4.69) is 16.8 Å². The highest BCUT2D eigenvalue weighted by Gasteiger charge is 2.32. The highest BCUT2D eigenvalue weighted by Crippen LogP contribution is 2.26. The molecule has 0 saturated carbocycles. The molecule has 4 nitrogen and oxygen atoms in total. The molecule has 2 bridgehead atoms. The minimum atomic E-state index is 0.0516. The third kappa shape index (κ3) is 3.50. The topological polar surface area (TPSA) is 43.8 Å². The number of carbonyl (C=O) groups excluding carboxylic acids is 1. The Morgan fingerprint density at radius 2 is 1.86 bits per heavy atom. The van der Waals surface area contributed by atoms with E-state index in [0.29, 0.717) is 18.4 Å². The van der Waals surface area contributed by atoms with E-state index in [0.717, 1.165) is 30.8 Å². The zero-order valence-corrected chi connectivity index (χ0v) is 13.4. The third-order valence-electron chi connectivity index (χ3n) is 5.14. The molecular formula is C18H26N2O2. The fourth-order valence-corrected chi connectivity index (χ4v) is 3.78. The Kier molecular flexibility index (Phi) is 4.79. The molecule has 3 rings (SSSR count). The quantitative estimate of drug-likeness (QED) is 0.923. The number of aliphatic hydroxyl groups excluding tert-OH is 1. The summed E-state index contributed by atoms with van der Waals surface area (Å²) >= 11 is 0. The van der Waals surface area contributed by atoms with Crippen LogP contribution in [0.15, 0.2) is 24.3 Å². The van der Waals surface area contributed by atoms with Crippen molar-refractivity contribution in [2.45, 2.75) is 38.3 Å². The summed E-state index contributed by atoms with van der Waals surface area (Å²) in [6, 6.07) is 8.22. The Morgan fingerprint density at radius 3 is 2.59 bits per heavy atom. The van der Waals surface area contributed by atoms with Gasteiger partial charge in [-0.05, 0) is 36.9 Å². The first-order valence-corrected chi connectivity index (χ1v) is 8.32. The fraction of sp³-hybridized carbons (Fsp3) is 0.611. The summed E-state index contributed by atoms with van der Waals surface area (Å²) in [6.45, 7) is 2.96. The van der Waals surface area contributed by atoms with Crippen LogP contribution in [0, 0.1) is 5.92 Å². The summed E-state index contributed by atoms with van der Waals surface area (Å²) < 4.78 is 0. The monoisotopic (exact) mass is 302 g/mol. The highest BCUT2D eigenvalue weighted by atomic mass is 16.3. The zero-order chi connectivity index (χ0) is 15.5. The Labute approximate surface area is 132 Å². The molecule has 0 aliphatic carbocycles. The van der Waals surface area contributed by atoms with Gasteiger partial charge < -0.3 is 14.9 Å². The summed E-state index contributed by atoms with van der Waals surface area (Å²) in [5.41, 5.74) is 1.92. The van der Waals surface area contributed by atoms with Crippen LogP contribution in [-0.2, 0) is 17.8 Å². The van der Waals surface area contributed by atoms with Crippen molar-refractivity contribution in [1.29, 1.82) is 0 Å². The van der Waals surface area contributed by atoms with E-state index in [-0.39, 0.29) is 12.5 Å². The van der Waals surface area contributed by atoms with Crippen LogP contribution in [0.3, 0.4) is 0 Å². The lowest BCUT2D eigenvalue weighted by Gasteiger charge is -2.30. The van der Waals surface area contributed by atoms with E-state index in [1.807, 2.05) is 24.3 Å². The second-order valence-electron chi connectivity index (χ2n) is 6.84.